The molecule has 1 saturated heterocycles. The molecule has 0 spiro atoms. The molecule has 1 aliphatic heterocycles. The van der Waals surface area contributed by atoms with Crippen LogP contribution in [0.4, 0.5) is 4.39 Å². The molecule has 1 aromatic carbocycles. The minimum atomic E-state index is -0.160. The summed E-state index contributed by atoms with van der Waals surface area (Å²) in [6.45, 7) is 6.30. The molecule has 0 radical (unpaired) electrons. The van der Waals surface area contributed by atoms with E-state index in [4.69, 9.17) is 0 Å². The van der Waals surface area contributed by atoms with Crippen molar-refractivity contribution in [3.63, 3.8) is 0 Å². The minimum Gasteiger partial charge on any atom is -0.314 e. The summed E-state index contributed by atoms with van der Waals surface area (Å²) in [6, 6.07) is 7.35. The second-order valence-corrected chi connectivity index (χ2v) is 4.15. The Labute approximate surface area is 102 Å². The Balaban J connectivity index is 0.00000128. The molecule has 1 aliphatic rings. The Kier molecular flexibility index (Phi) is 5.19. The lowest BCUT2D eigenvalue weighted by molar-refractivity contribution is 0.165. The van der Waals surface area contributed by atoms with Crippen LogP contribution in [0.2, 0.25) is 0 Å². The van der Waals surface area contributed by atoms with Gasteiger partial charge >= 0.3 is 0 Å². The van der Waals surface area contributed by atoms with Crippen molar-refractivity contribution < 1.29 is 4.39 Å². The molecule has 16 heavy (non-hydrogen) atoms. The van der Waals surface area contributed by atoms with Crippen molar-refractivity contribution in [3.8, 4) is 0 Å². The van der Waals surface area contributed by atoms with Gasteiger partial charge in [0.1, 0.15) is 5.82 Å². The number of benzene rings is 1. The maximum atomic E-state index is 12.7. The van der Waals surface area contributed by atoms with Gasteiger partial charge in [-0.25, -0.2) is 4.39 Å². The van der Waals surface area contributed by atoms with Gasteiger partial charge < -0.3 is 5.32 Å². The number of piperazine rings is 1. The minimum absolute atomic E-state index is 0. The van der Waals surface area contributed by atoms with Crippen molar-refractivity contribution in [2.24, 2.45) is 0 Å². The summed E-state index contributed by atoms with van der Waals surface area (Å²) in [6.07, 6.45) is 0. The van der Waals surface area contributed by atoms with E-state index < -0.39 is 0 Å². The molecule has 1 aromatic rings. The standard InChI is InChI=1S/C12H17FN2.ClH/c1-10-8-14-6-7-15(10)9-11-2-4-12(13)5-3-11;/h2-5,10,14H,6-9H2,1H3;1H/t10-;/m1./s1. The fourth-order valence-corrected chi connectivity index (χ4v) is 1.94. The van der Waals surface area contributed by atoms with Crippen LogP contribution in [0.25, 0.3) is 0 Å². The van der Waals surface area contributed by atoms with Crippen LogP contribution >= 0.6 is 12.4 Å². The molecule has 1 atom stereocenters. The SMILES string of the molecule is C[C@@H]1CNCCN1Cc1ccc(F)cc1.Cl. The highest BCUT2D eigenvalue weighted by Gasteiger charge is 2.17. The Hall–Kier alpha value is -0.640. The molecule has 0 aliphatic carbocycles. The summed E-state index contributed by atoms with van der Waals surface area (Å²) >= 11 is 0. The molecular formula is C12H18ClFN2. The molecule has 1 N–H and O–H groups in total. The summed E-state index contributed by atoms with van der Waals surface area (Å²) in [5.41, 5.74) is 1.19. The molecule has 0 aromatic heterocycles. The van der Waals surface area contributed by atoms with Gasteiger partial charge in [-0.05, 0) is 24.6 Å². The Bertz CT molecular complexity index is 315. The van der Waals surface area contributed by atoms with Gasteiger partial charge in [0.05, 0.1) is 0 Å². The quantitative estimate of drug-likeness (QED) is 0.857. The first-order valence-electron chi connectivity index (χ1n) is 5.45. The van der Waals surface area contributed by atoms with E-state index in [1.807, 2.05) is 12.1 Å². The molecular weight excluding hydrogens is 227 g/mol. The highest BCUT2D eigenvalue weighted by molar-refractivity contribution is 5.85. The van der Waals surface area contributed by atoms with Gasteiger partial charge in [-0.15, -0.1) is 12.4 Å². The topological polar surface area (TPSA) is 15.3 Å². The number of halogens is 2. The third kappa shape index (κ3) is 3.44. The van der Waals surface area contributed by atoms with Crippen LogP contribution in [-0.2, 0) is 6.54 Å². The average Bonchev–Trinajstić information content (AvgIpc) is 2.25. The van der Waals surface area contributed by atoms with E-state index in [2.05, 4.69) is 17.1 Å². The first-order chi connectivity index (χ1) is 7.25. The predicted octanol–water partition coefficient (Wildman–Crippen LogP) is 2.04. The van der Waals surface area contributed by atoms with Crippen LogP contribution in [-0.4, -0.2) is 30.6 Å². The normalized spacial score (nSPS) is 21.5. The maximum absolute atomic E-state index is 12.7. The van der Waals surface area contributed by atoms with Gasteiger partial charge in [0, 0.05) is 32.2 Å². The van der Waals surface area contributed by atoms with Crippen LogP contribution in [0.1, 0.15) is 12.5 Å². The van der Waals surface area contributed by atoms with Crippen molar-refractivity contribution in [3.05, 3.63) is 35.6 Å². The molecule has 4 heteroatoms. The third-order valence-electron chi connectivity index (χ3n) is 2.94. The highest BCUT2D eigenvalue weighted by Crippen LogP contribution is 2.10. The summed E-state index contributed by atoms with van der Waals surface area (Å²) in [7, 11) is 0. The van der Waals surface area contributed by atoms with Crippen LogP contribution in [0, 0.1) is 5.82 Å². The van der Waals surface area contributed by atoms with E-state index >= 15 is 0 Å². The van der Waals surface area contributed by atoms with E-state index in [1.165, 1.54) is 17.7 Å². The van der Waals surface area contributed by atoms with E-state index in [1.54, 1.807) is 0 Å². The van der Waals surface area contributed by atoms with Gasteiger partial charge in [-0.1, -0.05) is 12.1 Å². The first-order valence-corrected chi connectivity index (χ1v) is 5.45. The molecule has 0 bridgehead atoms. The van der Waals surface area contributed by atoms with Crippen molar-refractivity contribution in [1.82, 2.24) is 10.2 Å². The van der Waals surface area contributed by atoms with Gasteiger partial charge in [-0.2, -0.15) is 0 Å². The number of hydrogen-bond donors (Lipinski definition) is 1. The van der Waals surface area contributed by atoms with Gasteiger partial charge in [0.2, 0.25) is 0 Å². The van der Waals surface area contributed by atoms with E-state index in [-0.39, 0.29) is 18.2 Å². The molecule has 0 saturated carbocycles. The zero-order valence-corrected chi connectivity index (χ0v) is 10.3. The molecule has 0 unspecified atom stereocenters. The number of rotatable bonds is 2. The summed E-state index contributed by atoms with van der Waals surface area (Å²) in [5, 5.41) is 3.36. The van der Waals surface area contributed by atoms with Crippen LogP contribution in [0.15, 0.2) is 24.3 Å². The van der Waals surface area contributed by atoms with Gasteiger partial charge in [0.25, 0.3) is 0 Å². The van der Waals surface area contributed by atoms with Crippen molar-refractivity contribution in [1.29, 1.82) is 0 Å². The first kappa shape index (κ1) is 13.4. The Morgan fingerprint density at radius 1 is 1.38 bits per heavy atom. The van der Waals surface area contributed by atoms with Crippen LogP contribution in [0.5, 0.6) is 0 Å². The smallest absolute Gasteiger partial charge is 0.123 e. The van der Waals surface area contributed by atoms with Crippen LogP contribution < -0.4 is 5.32 Å². The zero-order chi connectivity index (χ0) is 10.7. The number of nitrogens with one attached hydrogen (secondary N) is 1. The lowest BCUT2D eigenvalue weighted by Gasteiger charge is -2.33. The lowest BCUT2D eigenvalue weighted by atomic mass is 10.1. The Morgan fingerprint density at radius 3 is 2.69 bits per heavy atom. The number of nitrogens with zero attached hydrogens (tertiary/aromatic N) is 1. The molecule has 1 heterocycles. The molecule has 0 amide bonds. The fourth-order valence-electron chi connectivity index (χ4n) is 1.94. The second-order valence-electron chi connectivity index (χ2n) is 4.15. The van der Waals surface area contributed by atoms with E-state index in [0.717, 1.165) is 26.2 Å². The summed E-state index contributed by atoms with van der Waals surface area (Å²) in [4.78, 5) is 2.42. The van der Waals surface area contributed by atoms with Gasteiger partial charge in [0.15, 0.2) is 0 Å². The lowest BCUT2D eigenvalue weighted by Crippen LogP contribution is -2.49. The second kappa shape index (κ2) is 6.18. The van der Waals surface area contributed by atoms with Crippen molar-refractivity contribution in [2.75, 3.05) is 19.6 Å². The average molecular weight is 245 g/mol. The molecule has 1 fully saturated rings. The zero-order valence-electron chi connectivity index (χ0n) is 9.45. The van der Waals surface area contributed by atoms with Crippen molar-refractivity contribution in [2.45, 2.75) is 19.5 Å². The molecule has 2 nitrogen and oxygen atoms in total. The van der Waals surface area contributed by atoms with E-state index in [0.29, 0.717) is 6.04 Å². The predicted molar refractivity (Wildman–Crippen MR) is 66.4 cm³/mol. The van der Waals surface area contributed by atoms with E-state index in [9.17, 15) is 4.39 Å². The fraction of sp³-hybridized carbons (Fsp3) is 0.500. The Morgan fingerprint density at radius 2 is 2.06 bits per heavy atom. The maximum Gasteiger partial charge on any atom is 0.123 e. The third-order valence-corrected chi connectivity index (χ3v) is 2.94. The number of hydrogen-bond acceptors (Lipinski definition) is 2. The van der Waals surface area contributed by atoms with Crippen molar-refractivity contribution >= 4 is 12.4 Å². The van der Waals surface area contributed by atoms with Gasteiger partial charge in [-0.3, -0.25) is 4.90 Å². The monoisotopic (exact) mass is 244 g/mol. The summed E-state index contributed by atoms with van der Waals surface area (Å²) in [5.74, 6) is -0.160. The molecule has 2 rings (SSSR count). The largest absolute Gasteiger partial charge is 0.314 e. The summed E-state index contributed by atoms with van der Waals surface area (Å²) < 4.78 is 12.7. The molecule has 90 valence electrons. The van der Waals surface area contributed by atoms with Crippen LogP contribution in [0.3, 0.4) is 0 Å². The highest BCUT2D eigenvalue weighted by atomic mass is 35.5.